The van der Waals surface area contributed by atoms with Crippen LogP contribution in [0.1, 0.15) is 29.8 Å². The van der Waals surface area contributed by atoms with Gasteiger partial charge in [-0.05, 0) is 25.0 Å². The highest BCUT2D eigenvalue weighted by molar-refractivity contribution is 5.93. The molecule has 7 nitrogen and oxygen atoms in total. The molecule has 1 fully saturated rings. The molecule has 0 bridgehead atoms. The van der Waals surface area contributed by atoms with Crippen LogP contribution < -0.4 is 5.32 Å². The van der Waals surface area contributed by atoms with Crippen LogP contribution in [-0.2, 0) is 4.79 Å². The van der Waals surface area contributed by atoms with Gasteiger partial charge >= 0.3 is 5.97 Å². The number of carbonyl (C=O) groups excluding carboxylic acids is 1. The van der Waals surface area contributed by atoms with Crippen molar-refractivity contribution in [2.45, 2.75) is 25.3 Å². The molecule has 2 heterocycles. The van der Waals surface area contributed by atoms with E-state index in [1.807, 2.05) is 0 Å². The topological polar surface area (TPSA) is 106 Å². The van der Waals surface area contributed by atoms with Gasteiger partial charge in [-0.1, -0.05) is 11.6 Å². The normalized spacial score (nSPS) is 21.3. The quantitative estimate of drug-likeness (QED) is 0.891. The first-order chi connectivity index (χ1) is 10.1. The second-order valence-electron chi connectivity index (χ2n) is 5.01. The Morgan fingerprint density at radius 3 is 2.90 bits per heavy atom. The molecule has 0 radical (unpaired) electrons. The van der Waals surface area contributed by atoms with E-state index in [4.69, 9.17) is 14.0 Å². The maximum Gasteiger partial charge on any atom is 0.308 e. The summed E-state index contributed by atoms with van der Waals surface area (Å²) in [5.41, 5.74) is 0.109. The molecule has 0 saturated heterocycles. The van der Waals surface area contributed by atoms with Crippen molar-refractivity contribution in [3.8, 4) is 11.5 Å². The van der Waals surface area contributed by atoms with E-state index < -0.39 is 17.8 Å². The zero-order valence-corrected chi connectivity index (χ0v) is 11.1. The van der Waals surface area contributed by atoms with Crippen molar-refractivity contribution >= 4 is 11.9 Å². The van der Waals surface area contributed by atoms with Gasteiger partial charge in [-0.15, -0.1) is 0 Å². The summed E-state index contributed by atoms with van der Waals surface area (Å²) in [6.45, 7) is 0. The van der Waals surface area contributed by atoms with Gasteiger partial charge < -0.3 is 19.4 Å². The van der Waals surface area contributed by atoms with E-state index in [0.717, 1.165) is 6.42 Å². The molecule has 3 rings (SSSR count). The highest BCUT2D eigenvalue weighted by Gasteiger charge is 2.34. The molecule has 2 N–H and O–H groups in total. The van der Waals surface area contributed by atoms with Gasteiger partial charge in [-0.25, -0.2) is 0 Å². The number of aromatic nitrogens is 1. The largest absolute Gasteiger partial charge is 0.481 e. The third-order valence-electron chi connectivity index (χ3n) is 3.66. The first-order valence-corrected chi connectivity index (χ1v) is 6.69. The highest BCUT2D eigenvalue weighted by atomic mass is 16.5. The summed E-state index contributed by atoms with van der Waals surface area (Å²) < 4.78 is 10.2. The van der Waals surface area contributed by atoms with Gasteiger partial charge in [-0.2, -0.15) is 0 Å². The maximum atomic E-state index is 12.1. The fraction of sp³-hybridized carbons (Fsp3) is 0.357. The third-order valence-corrected chi connectivity index (χ3v) is 3.66. The number of rotatable bonds is 4. The number of furan rings is 1. The molecule has 2 aromatic rings. The van der Waals surface area contributed by atoms with E-state index in [9.17, 15) is 9.59 Å². The number of carboxylic acid groups (broad SMARTS) is 1. The molecule has 1 aliphatic carbocycles. The Hall–Kier alpha value is -2.57. The SMILES string of the molecule is O=C(N[C@H]1CCC[C@H]1C(=O)O)c1cc(-c2ccco2)on1. The van der Waals surface area contributed by atoms with Crippen molar-refractivity contribution in [1.82, 2.24) is 10.5 Å². The standard InChI is InChI=1S/C14H14N2O5/c17-13(15-9-4-1-3-8(9)14(18)19)10-7-12(21-16-10)11-5-2-6-20-11/h2,5-9H,1,3-4H2,(H,15,17)(H,18,19)/t8-,9+/m1/s1. The molecule has 21 heavy (non-hydrogen) atoms. The minimum atomic E-state index is -0.880. The number of hydrogen-bond donors (Lipinski definition) is 2. The van der Waals surface area contributed by atoms with Crippen molar-refractivity contribution < 1.29 is 23.6 Å². The minimum Gasteiger partial charge on any atom is -0.481 e. The first kappa shape index (κ1) is 13.4. The maximum absolute atomic E-state index is 12.1. The zero-order valence-electron chi connectivity index (χ0n) is 11.1. The van der Waals surface area contributed by atoms with Crippen molar-refractivity contribution in [3.05, 3.63) is 30.2 Å². The summed E-state index contributed by atoms with van der Waals surface area (Å²) in [5, 5.41) is 15.5. The number of carboxylic acids is 1. The Kier molecular flexibility index (Phi) is 3.47. The van der Waals surface area contributed by atoms with Crippen molar-refractivity contribution in [3.63, 3.8) is 0 Å². The van der Waals surface area contributed by atoms with E-state index in [2.05, 4.69) is 10.5 Å². The number of carbonyl (C=O) groups is 2. The van der Waals surface area contributed by atoms with Crippen LogP contribution in [0.2, 0.25) is 0 Å². The number of hydrogen-bond acceptors (Lipinski definition) is 5. The molecule has 0 aliphatic heterocycles. The van der Waals surface area contributed by atoms with Gasteiger partial charge in [0.25, 0.3) is 5.91 Å². The summed E-state index contributed by atoms with van der Waals surface area (Å²) in [4.78, 5) is 23.2. The van der Waals surface area contributed by atoms with Crippen molar-refractivity contribution in [2.75, 3.05) is 0 Å². The Labute approximate surface area is 119 Å². The summed E-state index contributed by atoms with van der Waals surface area (Å²) in [6, 6.07) is 4.50. The monoisotopic (exact) mass is 290 g/mol. The van der Waals surface area contributed by atoms with E-state index >= 15 is 0 Å². The van der Waals surface area contributed by atoms with Gasteiger partial charge in [-0.3, -0.25) is 9.59 Å². The van der Waals surface area contributed by atoms with Crippen LogP contribution in [0.15, 0.2) is 33.4 Å². The van der Waals surface area contributed by atoms with Crippen LogP contribution >= 0.6 is 0 Å². The molecule has 110 valence electrons. The Morgan fingerprint density at radius 1 is 1.33 bits per heavy atom. The lowest BCUT2D eigenvalue weighted by atomic mass is 10.0. The minimum absolute atomic E-state index is 0.109. The van der Waals surface area contributed by atoms with Gasteiger partial charge in [0.2, 0.25) is 5.76 Å². The van der Waals surface area contributed by atoms with Gasteiger partial charge in [0.15, 0.2) is 11.5 Å². The smallest absolute Gasteiger partial charge is 0.308 e. The zero-order chi connectivity index (χ0) is 14.8. The van der Waals surface area contributed by atoms with Crippen molar-refractivity contribution in [2.24, 2.45) is 5.92 Å². The Morgan fingerprint density at radius 2 is 2.19 bits per heavy atom. The fourth-order valence-corrected chi connectivity index (χ4v) is 2.59. The van der Waals surface area contributed by atoms with Crippen LogP contribution in [0.5, 0.6) is 0 Å². The van der Waals surface area contributed by atoms with E-state index in [-0.39, 0.29) is 11.7 Å². The molecule has 2 atom stereocenters. The van der Waals surface area contributed by atoms with Gasteiger partial charge in [0, 0.05) is 12.1 Å². The summed E-state index contributed by atoms with van der Waals surface area (Å²) in [5.74, 6) is -1.02. The van der Waals surface area contributed by atoms with E-state index in [0.29, 0.717) is 24.4 Å². The lowest BCUT2D eigenvalue weighted by Crippen LogP contribution is -2.40. The average Bonchev–Trinajstić information content (AvgIpc) is 3.19. The van der Waals surface area contributed by atoms with Crippen molar-refractivity contribution in [1.29, 1.82) is 0 Å². The lowest BCUT2D eigenvalue weighted by Gasteiger charge is -2.16. The highest BCUT2D eigenvalue weighted by Crippen LogP contribution is 2.26. The lowest BCUT2D eigenvalue weighted by molar-refractivity contribution is -0.142. The van der Waals surface area contributed by atoms with Crippen LogP contribution in [0.3, 0.4) is 0 Å². The molecule has 1 aliphatic rings. The number of amides is 1. The predicted molar refractivity (Wildman–Crippen MR) is 70.4 cm³/mol. The predicted octanol–water partition coefficient (Wildman–Crippen LogP) is 1.92. The molecule has 1 amide bonds. The molecule has 2 aromatic heterocycles. The van der Waals surface area contributed by atoms with Crippen LogP contribution in [0, 0.1) is 5.92 Å². The van der Waals surface area contributed by atoms with E-state index in [1.165, 1.54) is 12.3 Å². The van der Waals surface area contributed by atoms with Crippen LogP contribution in [0.4, 0.5) is 0 Å². The molecule has 0 aromatic carbocycles. The van der Waals surface area contributed by atoms with E-state index in [1.54, 1.807) is 12.1 Å². The average molecular weight is 290 g/mol. The van der Waals surface area contributed by atoms with Crippen LogP contribution in [0.25, 0.3) is 11.5 Å². The number of nitrogens with zero attached hydrogens (tertiary/aromatic N) is 1. The van der Waals surface area contributed by atoms with Gasteiger partial charge in [0.05, 0.1) is 12.2 Å². The molecular weight excluding hydrogens is 276 g/mol. The summed E-state index contributed by atoms with van der Waals surface area (Å²) >= 11 is 0. The molecule has 1 saturated carbocycles. The summed E-state index contributed by atoms with van der Waals surface area (Å²) in [6.07, 6.45) is 3.52. The number of aliphatic carboxylic acids is 1. The molecular formula is C14H14N2O5. The molecule has 0 spiro atoms. The summed E-state index contributed by atoms with van der Waals surface area (Å²) in [7, 11) is 0. The van der Waals surface area contributed by atoms with Crippen LogP contribution in [-0.4, -0.2) is 28.2 Å². The molecule has 7 heteroatoms. The Bertz CT molecular complexity index is 646. The first-order valence-electron chi connectivity index (χ1n) is 6.69. The third kappa shape index (κ3) is 2.67. The fourth-order valence-electron chi connectivity index (χ4n) is 2.59. The Balaban J connectivity index is 1.70. The number of nitrogens with one attached hydrogen (secondary N) is 1. The second kappa shape index (κ2) is 5.43. The second-order valence-corrected chi connectivity index (χ2v) is 5.01. The molecule has 0 unspecified atom stereocenters. The van der Waals surface area contributed by atoms with Gasteiger partial charge in [0.1, 0.15) is 0 Å².